The van der Waals surface area contributed by atoms with Gasteiger partial charge in [0.05, 0.1) is 0 Å². The Morgan fingerprint density at radius 2 is 2.18 bits per heavy atom. The van der Waals surface area contributed by atoms with Crippen molar-refractivity contribution in [1.82, 2.24) is 4.90 Å². The molecule has 1 fully saturated rings. The molecule has 4 heteroatoms. The molecule has 0 saturated carbocycles. The third kappa shape index (κ3) is 5.20. The first-order valence-electron chi connectivity index (χ1n) is 6.63. The summed E-state index contributed by atoms with van der Waals surface area (Å²) in [5.41, 5.74) is 0. The lowest BCUT2D eigenvalue weighted by atomic mass is 9.98. The molecule has 0 aromatic carbocycles. The Morgan fingerprint density at radius 1 is 1.41 bits per heavy atom. The van der Waals surface area contributed by atoms with Gasteiger partial charge in [0.25, 0.3) is 0 Å². The second-order valence-electron chi connectivity index (χ2n) is 4.83. The highest BCUT2D eigenvalue weighted by Gasteiger charge is 2.20. The zero-order valence-corrected chi connectivity index (χ0v) is 10.7. The van der Waals surface area contributed by atoms with Crippen molar-refractivity contribution in [2.24, 2.45) is 5.92 Å². The predicted octanol–water partition coefficient (Wildman–Crippen LogP) is 2.28. The van der Waals surface area contributed by atoms with E-state index in [1.807, 2.05) is 4.90 Å². The van der Waals surface area contributed by atoms with E-state index in [9.17, 15) is 9.59 Å². The molecule has 1 atom stereocenters. The molecule has 0 aromatic rings. The Labute approximate surface area is 103 Å². The van der Waals surface area contributed by atoms with Crippen LogP contribution in [0.15, 0.2) is 0 Å². The SMILES string of the molecule is CCC1CCC(=O)N(CCCCC(=O)O)CC1. The molecule has 1 amide bonds. The monoisotopic (exact) mass is 241 g/mol. The lowest BCUT2D eigenvalue weighted by Gasteiger charge is -2.20. The number of likely N-dealkylation sites (tertiary alicyclic amines) is 1. The fourth-order valence-electron chi connectivity index (χ4n) is 2.32. The quantitative estimate of drug-likeness (QED) is 0.726. The molecular weight excluding hydrogens is 218 g/mol. The molecule has 1 aliphatic heterocycles. The van der Waals surface area contributed by atoms with Gasteiger partial charge in [-0.25, -0.2) is 0 Å². The van der Waals surface area contributed by atoms with E-state index >= 15 is 0 Å². The number of carbonyl (C=O) groups excluding carboxylic acids is 1. The number of rotatable bonds is 6. The highest BCUT2D eigenvalue weighted by molar-refractivity contribution is 5.76. The third-order valence-corrected chi connectivity index (χ3v) is 3.57. The van der Waals surface area contributed by atoms with Crippen LogP contribution in [0.1, 0.15) is 51.9 Å². The van der Waals surface area contributed by atoms with E-state index < -0.39 is 5.97 Å². The zero-order chi connectivity index (χ0) is 12.7. The van der Waals surface area contributed by atoms with Crippen LogP contribution >= 0.6 is 0 Å². The van der Waals surface area contributed by atoms with Crippen LogP contribution in [-0.4, -0.2) is 35.0 Å². The minimum Gasteiger partial charge on any atom is -0.481 e. The summed E-state index contributed by atoms with van der Waals surface area (Å²) in [5.74, 6) is 0.178. The summed E-state index contributed by atoms with van der Waals surface area (Å²) in [6.07, 6.45) is 5.60. The summed E-state index contributed by atoms with van der Waals surface area (Å²) in [7, 11) is 0. The summed E-state index contributed by atoms with van der Waals surface area (Å²) in [4.78, 5) is 24.1. The average Bonchev–Trinajstić information content (AvgIpc) is 2.47. The summed E-state index contributed by atoms with van der Waals surface area (Å²) in [5, 5.41) is 8.53. The number of carbonyl (C=O) groups is 2. The van der Waals surface area contributed by atoms with Crippen LogP contribution in [0.4, 0.5) is 0 Å². The van der Waals surface area contributed by atoms with Crippen molar-refractivity contribution >= 4 is 11.9 Å². The molecule has 1 N–H and O–H groups in total. The third-order valence-electron chi connectivity index (χ3n) is 3.57. The van der Waals surface area contributed by atoms with Crippen LogP contribution in [0.3, 0.4) is 0 Å². The topological polar surface area (TPSA) is 57.6 Å². The van der Waals surface area contributed by atoms with Crippen molar-refractivity contribution in [3.05, 3.63) is 0 Å². The molecule has 98 valence electrons. The Kier molecular flexibility index (Phi) is 6.01. The second-order valence-corrected chi connectivity index (χ2v) is 4.83. The Morgan fingerprint density at radius 3 is 2.82 bits per heavy atom. The molecule has 0 spiro atoms. The van der Waals surface area contributed by atoms with Crippen molar-refractivity contribution in [2.45, 2.75) is 51.9 Å². The smallest absolute Gasteiger partial charge is 0.303 e. The number of carboxylic acid groups (broad SMARTS) is 1. The van der Waals surface area contributed by atoms with Crippen LogP contribution in [0.25, 0.3) is 0 Å². The van der Waals surface area contributed by atoms with Crippen LogP contribution in [0.2, 0.25) is 0 Å². The van der Waals surface area contributed by atoms with Crippen LogP contribution in [0.5, 0.6) is 0 Å². The van der Waals surface area contributed by atoms with Crippen LogP contribution in [-0.2, 0) is 9.59 Å². The van der Waals surface area contributed by atoms with Crippen molar-refractivity contribution in [3.8, 4) is 0 Å². The van der Waals surface area contributed by atoms with Gasteiger partial charge >= 0.3 is 5.97 Å². The number of nitrogens with zero attached hydrogens (tertiary/aromatic N) is 1. The minimum absolute atomic E-state index is 0.208. The van der Waals surface area contributed by atoms with E-state index in [0.717, 1.165) is 38.8 Å². The van der Waals surface area contributed by atoms with E-state index in [1.165, 1.54) is 0 Å². The number of carboxylic acids is 1. The normalized spacial score (nSPS) is 21.4. The number of unbranched alkanes of at least 4 members (excludes halogenated alkanes) is 1. The first-order valence-corrected chi connectivity index (χ1v) is 6.63. The highest BCUT2D eigenvalue weighted by atomic mass is 16.4. The molecule has 0 radical (unpaired) electrons. The Hall–Kier alpha value is -1.06. The van der Waals surface area contributed by atoms with Gasteiger partial charge in [0.2, 0.25) is 5.91 Å². The number of amides is 1. The summed E-state index contributed by atoms with van der Waals surface area (Å²) in [6, 6.07) is 0. The van der Waals surface area contributed by atoms with E-state index in [-0.39, 0.29) is 12.3 Å². The Balaban J connectivity index is 2.27. The lowest BCUT2D eigenvalue weighted by molar-refractivity contribution is -0.137. The van der Waals surface area contributed by atoms with Gasteiger partial charge in [-0.05, 0) is 31.6 Å². The molecule has 0 aromatic heterocycles. The van der Waals surface area contributed by atoms with Gasteiger partial charge in [0, 0.05) is 25.9 Å². The number of aliphatic carboxylic acids is 1. The summed E-state index contributed by atoms with van der Waals surface area (Å²) >= 11 is 0. The lowest BCUT2D eigenvalue weighted by Crippen LogP contribution is -2.31. The van der Waals surface area contributed by atoms with E-state index in [4.69, 9.17) is 5.11 Å². The highest BCUT2D eigenvalue weighted by Crippen LogP contribution is 2.21. The van der Waals surface area contributed by atoms with Crippen molar-refractivity contribution < 1.29 is 14.7 Å². The van der Waals surface area contributed by atoms with Gasteiger partial charge in [-0.15, -0.1) is 0 Å². The summed E-state index contributed by atoms with van der Waals surface area (Å²) in [6.45, 7) is 3.75. The van der Waals surface area contributed by atoms with Crippen molar-refractivity contribution in [3.63, 3.8) is 0 Å². The van der Waals surface area contributed by atoms with Gasteiger partial charge in [-0.3, -0.25) is 9.59 Å². The van der Waals surface area contributed by atoms with E-state index in [2.05, 4.69) is 6.92 Å². The van der Waals surface area contributed by atoms with Crippen molar-refractivity contribution in [2.75, 3.05) is 13.1 Å². The largest absolute Gasteiger partial charge is 0.481 e. The maximum absolute atomic E-state index is 11.8. The van der Waals surface area contributed by atoms with Crippen LogP contribution in [0, 0.1) is 5.92 Å². The van der Waals surface area contributed by atoms with Gasteiger partial charge in [0.1, 0.15) is 0 Å². The van der Waals surface area contributed by atoms with Crippen molar-refractivity contribution in [1.29, 1.82) is 0 Å². The molecular formula is C13H23NO3. The maximum atomic E-state index is 11.8. The molecule has 17 heavy (non-hydrogen) atoms. The molecule has 1 saturated heterocycles. The van der Waals surface area contributed by atoms with E-state index in [1.54, 1.807) is 0 Å². The fraction of sp³-hybridized carbons (Fsp3) is 0.846. The molecule has 1 rings (SSSR count). The standard InChI is InChI=1S/C13H23NO3/c1-2-11-6-7-12(15)14(10-8-11)9-4-3-5-13(16)17/h11H,2-10H2,1H3,(H,16,17). The first kappa shape index (κ1) is 14.0. The first-order chi connectivity index (χ1) is 8.13. The molecule has 0 aliphatic carbocycles. The van der Waals surface area contributed by atoms with E-state index in [0.29, 0.717) is 18.8 Å². The maximum Gasteiger partial charge on any atom is 0.303 e. The molecule has 4 nitrogen and oxygen atoms in total. The van der Waals surface area contributed by atoms with Gasteiger partial charge in [0.15, 0.2) is 0 Å². The average molecular weight is 241 g/mol. The van der Waals surface area contributed by atoms with Gasteiger partial charge in [-0.1, -0.05) is 13.3 Å². The minimum atomic E-state index is -0.752. The predicted molar refractivity (Wildman–Crippen MR) is 65.7 cm³/mol. The second kappa shape index (κ2) is 7.30. The van der Waals surface area contributed by atoms with Crippen LogP contribution < -0.4 is 0 Å². The van der Waals surface area contributed by atoms with Gasteiger partial charge in [-0.2, -0.15) is 0 Å². The fourth-order valence-corrected chi connectivity index (χ4v) is 2.32. The zero-order valence-electron chi connectivity index (χ0n) is 10.7. The number of hydrogen-bond acceptors (Lipinski definition) is 2. The molecule has 1 heterocycles. The number of hydrogen-bond donors (Lipinski definition) is 1. The summed E-state index contributed by atoms with van der Waals surface area (Å²) < 4.78 is 0. The Bertz CT molecular complexity index is 265. The molecule has 0 bridgehead atoms. The molecule has 1 unspecified atom stereocenters. The van der Waals surface area contributed by atoms with Gasteiger partial charge < -0.3 is 10.0 Å². The molecule has 1 aliphatic rings.